The number of rotatable bonds is 4. The molecule has 19 heavy (non-hydrogen) atoms. The summed E-state index contributed by atoms with van der Waals surface area (Å²) in [6, 6.07) is 3.97. The standard InChI is InChI=1S/C13H11FN2O3/c1-19-11-3-2-8(14)6-9(11)13-10(7-12(17)18)15-4-5-16-13/h2-6H,7H2,1H3,(H,17,18). The summed E-state index contributed by atoms with van der Waals surface area (Å²) in [7, 11) is 1.45. The number of hydrogen-bond acceptors (Lipinski definition) is 4. The van der Waals surface area contributed by atoms with Crippen LogP contribution in [-0.2, 0) is 11.2 Å². The fourth-order valence-corrected chi connectivity index (χ4v) is 1.73. The van der Waals surface area contributed by atoms with Crippen LogP contribution in [0.1, 0.15) is 5.69 Å². The van der Waals surface area contributed by atoms with E-state index in [1.165, 1.54) is 37.7 Å². The number of benzene rings is 1. The lowest BCUT2D eigenvalue weighted by molar-refractivity contribution is -0.136. The van der Waals surface area contributed by atoms with Gasteiger partial charge in [-0.1, -0.05) is 0 Å². The van der Waals surface area contributed by atoms with Crippen LogP contribution < -0.4 is 4.74 Å². The molecule has 0 unspecified atom stereocenters. The molecule has 1 aromatic carbocycles. The number of hydrogen-bond donors (Lipinski definition) is 1. The maximum atomic E-state index is 13.3. The fraction of sp³-hybridized carbons (Fsp3) is 0.154. The van der Waals surface area contributed by atoms with Gasteiger partial charge in [-0.15, -0.1) is 0 Å². The van der Waals surface area contributed by atoms with Crippen LogP contribution >= 0.6 is 0 Å². The van der Waals surface area contributed by atoms with E-state index in [9.17, 15) is 9.18 Å². The van der Waals surface area contributed by atoms with Gasteiger partial charge in [0.05, 0.1) is 24.9 Å². The molecular formula is C13H11FN2O3. The van der Waals surface area contributed by atoms with Crippen molar-refractivity contribution in [1.82, 2.24) is 9.97 Å². The van der Waals surface area contributed by atoms with Gasteiger partial charge in [-0.25, -0.2) is 4.39 Å². The Balaban J connectivity index is 2.58. The molecular weight excluding hydrogens is 251 g/mol. The molecule has 0 fully saturated rings. The Labute approximate surface area is 108 Å². The van der Waals surface area contributed by atoms with Crippen LogP contribution in [0.15, 0.2) is 30.6 Å². The second kappa shape index (κ2) is 5.43. The molecule has 1 heterocycles. The normalized spacial score (nSPS) is 10.2. The van der Waals surface area contributed by atoms with Crippen molar-refractivity contribution in [1.29, 1.82) is 0 Å². The first-order chi connectivity index (χ1) is 9.11. The van der Waals surface area contributed by atoms with Gasteiger partial charge in [0.15, 0.2) is 0 Å². The zero-order valence-electron chi connectivity index (χ0n) is 10.1. The number of nitrogens with zero attached hydrogens (tertiary/aromatic N) is 2. The van der Waals surface area contributed by atoms with Gasteiger partial charge in [0, 0.05) is 18.0 Å². The number of ether oxygens (including phenoxy) is 1. The van der Waals surface area contributed by atoms with Gasteiger partial charge < -0.3 is 9.84 Å². The zero-order chi connectivity index (χ0) is 13.8. The molecule has 1 N–H and O–H groups in total. The zero-order valence-corrected chi connectivity index (χ0v) is 10.1. The van der Waals surface area contributed by atoms with Crippen molar-refractivity contribution in [2.24, 2.45) is 0 Å². The highest BCUT2D eigenvalue weighted by Crippen LogP contribution is 2.30. The topological polar surface area (TPSA) is 72.3 Å². The van der Waals surface area contributed by atoms with Gasteiger partial charge in [0.25, 0.3) is 0 Å². The number of methoxy groups -OCH3 is 1. The third-order valence-electron chi connectivity index (χ3n) is 2.51. The molecule has 6 heteroatoms. The van der Waals surface area contributed by atoms with E-state index in [-0.39, 0.29) is 12.1 Å². The van der Waals surface area contributed by atoms with Gasteiger partial charge in [-0.05, 0) is 18.2 Å². The van der Waals surface area contributed by atoms with Crippen LogP contribution in [0, 0.1) is 5.82 Å². The average molecular weight is 262 g/mol. The van der Waals surface area contributed by atoms with E-state index in [0.29, 0.717) is 17.0 Å². The second-order valence-corrected chi connectivity index (χ2v) is 3.77. The van der Waals surface area contributed by atoms with Gasteiger partial charge in [-0.3, -0.25) is 14.8 Å². The number of aromatic nitrogens is 2. The summed E-state index contributed by atoms with van der Waals surface area (Å²) in [5.74, 6) is -1.08. The van der Waals surface area contributed by atoms with Crippen molar-refractivity contribution in [3.8, 4) is 17.0 Å². The van der Waals surface area contributed by atoms with E-state index in [0.717, 1.165) is 0 Å². The molecule has 0 atom stereocenters. The van der Waals surface area contributed by atoms with Crippen molar-refractivity contribution in [3.05, 3.63) is 42.1 Å². The second-order valence-electron chi connectivity index (χ2n) is 3.77. The Morgan fingerprint density at radius 2 is 2.11 bits per heavy atom. The highest BCUT2D eigenvalue weighted by Gasteiger charge is 2.15. The quantitative estimate of drug-likeness (QED) is 0.911. The minimum absolute atomic E-state index is 0.263. The summed E-state index contributed by atoms with van der Waals surface area (Å²) >= 11 is 0. The lowest BCUT2D eigenvalue weighted by Gasteiger charge is -2.10. The first-order valence-electron chi connectivity index (χ1n) is 5.47. The van der Waals surface area contributed by atoms with Crippen LogP contribution in [0.25, 0.3) is 11.3 Å². The molecule has 1 aromatic heterocycles. The fourth-order valence-electron chi connectivity index (χ4n) is 1.73. The van der Waals surface area contributed by atoms with Crippen molar-refractivity contribution in [2.75, 3.05) is 7.11 Å². The summed E-state index contributed by atoms with van der Waals surface area (Å²) in [4.78, 5) is 18.9. The summed E-state index contributed by atoms with van der Waals surface area (Å²) in [6.07, 6.45) is 2.53. The van der Waals surface area contributed by atoms with Gasteiger partial charge >= 0.3 is 5.97 Å². The lowest BCUT2D eigenvalue weighted by atomic mass is 10.1. The third kappa shape index (κ3) is 2.85. The Bertz CT molecular complexity index is 617. The molecule has 0 bridgehead atoms. The SMILES string of the molecule is COc1ccc(F)cc1-c1nccnc1CC(=O)O. The third-order valence-corrected chi connectivity index (χ3v) is 2.51. The van der Waals surface area contributed by atoms with E-state index < -0.39 is 11.8 Å². The van der Waals surface area contributed by atoms with E-state index in [1.807, 2.05) is 0 Å². The van der Waals surface area contributed by atoms with E-state index >= 15 is 0 Å². The molecule has 0 radical (unpaired) electrons. The molecule has 0 amide bonds. The van der Waals surface area contributed by atoms with Crippen LogP contribution in [0.4, 0.5) is 4.39 Å². The molecule has 0 spiro atoms. The maximum absolute atomic E-state index is 13.3. The molecule has 5 nitrogen and oxygen atoms in total. The molecule has 0 saturated carbocycles. The van der Waals surface area contributed by atoms with Gasteiger partial charge in [-0.2, -0.15) is 0 Å². The van der Waals surface area contributed by atoms with Crippen molar-refractivity contribution >= 4 is 5.97 Å². The van der Waals surface area contributed by atoms with Crippen LogP contribution in [-0.4, -0.2) is 28.2 Å². The van der Waals surface area contributed by atoms with Gasteiger partial charge in [0.1, 0.15) is 11.6 Å². The molecule has 0 aliphatic carbocycles. The smallest absolute Gasteiger partial charge is 0.309 e. The molecule has 0 aliphatic heterocycles. The van der Waals surface area contributed by atoms with E-state index in [1.54, 1.807) is 0 Å². The van der Waals surface area contributed by atoms with Crippen LogP contribution in [0.2, 0.25) is 0 Å². The first-order valence-corrected chi connectivity index (χ1v) is 5.47. The summed E-state index contributed by atoms with van der Waals surface area (Å²) in [6.45, 7) is 0. The highest BCUT2D eigenvalue weighted by atomic mass is 19.1. The van der Waals surface area contributed by atoms with Gasteiger partial charge in [0.2, 0.25) is 0 Å². The molecule has 0 saturated heterocycles. The van der Waals surface area contributed by atoms with E-state index in [4.69, 9.17) is 9.84 Å². The maximum Gasteiger partial charge on any atom is 0.309 e. The Morgan fingerprint density at radius 3 is 2.79 bits per heavy atom. The Hall–Kier alpha value is -2.50. The first kappa shape index (κ1) is 12.9. The molecule has 0 aliphatic rings. The molecule has 2 aromatic rings. The number of carboxylic acids is 1. The van der Waals surface area contributed by atoms with Crippen LogP contribution in [0.3, 0.4) is 0 Å². The van der Waals surface area contributed by atoms with Crippen LogP contribution in [0.5, 0.6) is 5.75 Å². The summed E-state index contributed by atoms with van der Waals surface area (Å²) in [5.41, 5.74) is 0.951. The molecule has 98 valence electrons. The Kier molecular flexibility index (Phi) is 3.70. The Morgan fingerprint density at radius 1 is 1.37 bits per heavy atom. The predicted molar refractivity (Wildman–Crippen MR) is 65.3 cm³/mol. The lowest BCUT2D eigenvalue weighted by Crippen LogP contribution is -2.06. The van der Waals surface area contributed by atoms with Crippen molar-refractivity contribution < 1.29 is 19.0 Å². The molecule has 2 rings (SSSR count). The predicted octanol–water partition coefficient (Wildman–Crippen LogP) is 1.92. The number of aliphatic carboxylic acids is 1. The minimum atomic E-state index is -1.03. The largest absolute Gasteiger partial charge is 0.496 e. The van der Waals surface area contributed by atoms with Crippen molar-refractivity contribution in [2.45, 2.75) is 6.42 Å². The van der Waals surface area contributed by atoms with E-state index in [2.05, 4.69) is 9.97 Å². The monoisotopic (exact) mass is 262 g/mol. The summed E-state index contributed by atoms with van der Waals surface area (Å²) in [5, 5.41) is 8.85. The number of halogens is 1. The van der Waals surface area contributed by atoms with Crippen molar-refractivity contribution in [3.63, 3.8) is 0 Å². The number of carbonyl (C=O) groups is 1. The average Bonchev–Trinajstić information content (AvgIpc) is 2.38. The minimum Gasteiger partial charge on any atom is -0.496 e. The number of carboxylic acid groups (broad SMARTS) is 1. The highest BCUT2D eigenvalue weighted by molar-refractivity contribution is 5.75. The summed E-state index contributed by atoms with van der Waals surface area (Å²) < 4.78 is 18.5.